The van der Waals surface area contributed by atoms with Crippen molar-refractivity contribution >= 4 is 46.0 Å². The molecule has 0 radical (unpaired) electrons. The van der Waals surface area contributed by atoms with Crippen LogP contribution >= 0.6 is 0 Å². The summed E-state index contributed by atoms with van der Waals surface area (Å²) in [4.78, 5) is 57.2. The zero-order valence-corrected chi connectivity index (χ0v) is 25.6. The molecule has 4 rings (SSSR count). The van der Waals surface area contributed by atoms with Crippen molar-refractivity contribution in [2.45, 2.75) is 19.3 Å². The highest BCUT2D eigenvalue weighted by Crippen LogP contribution is 2.45. The van der Waals surface area contributed by atoms with Gasteiger partial charge in [0.2, 0.25) is 11.5 Å². The molecule has 0 fully saturated rings. The Morgan fingerprint density at radius 2 is 1.50 bits per heavy atom. The van der Waals surface area contributed by atoms with Crippen molar-refractivity contribution in [3.05, 3.63) is 72.1 Å². The van der Waals surface area contributed by atoms with Crippen molar-refractivity contribution in [3.63, 3.8) is 0 Å². The molecule has 12 nitrogen and oxygen atoms in total. The minimum absolute atomic E-state index is 0.0288. The lowest BCUT2D eigenvalue weighted by molar-refractivity contribution is -0.191. The quantitative estimate of drug-likeness (QED) is 0.0702. The molecule has 18 heteroatoms. The number of ketones is 1. The van der Waals surface area contributed by atoms with Gasteiger partial charge in [-0.15, -0.1) is 0 Å². The number of carbonyl (C=O) groups is 4. The van der Waals surface area contributed by atoms with Gasteiger partial charge in [-0.05, 0) is 66.9 Å². The zero-order valence-electron chi connectivity index (χ0n) is 25.6. The van der Waals surface area contributed by atoms with Crippen LogP contribution in [0.15, 0.2) is 60.9 Å². The smallest absolute Gasteiger partial charge is 0.453 e. The number of carbonyl (C=O) groups excluding carboxylic acids is 4. The summed E-state index contributed by atoms with van der Waals surface area (Å²) in [5.41, 5.74) is 0.177. The molecule has 50 heavy (non-hydrogen) atoms. The third kappa shape index (κ3) is 9.44. The standard InChI is InChI=1S/C32H22F6N4O8/c1-17-9-11-40-25(14-17)42-28(44)20-6-8-24(27(50-30(46)32(36,37)38)26(20)49-29(45)31(33,34)35)48-23-10-12-39-22-7-5-18(15-21(22)23)41-16-19(43)4-3-13-47-2/h5-12,14-15,41H,13,16H2,1-2H3,(H,40,42,44). The summed E-state index contributed by atoms with van der Waals surface area (Å²) in [6, 6.07) is 10.1. The Kier molecular flexibility index (Phi) is 11.2. The Morgan fingerprint density at radius 1 is 0.820 bits per heavy atom. The number of aromatic nitrogens is 2. The number of alkyl halides is 6. The number of anilines is 2. The molecule has 0 saturated heterocycles. The Hall–Kier alpha value is -6.22. The van der Waals surface area contributed by atoms with Crippen LogP contribution in [-0.4, -0.2) is 66.2 Å². The number of amides is 1. The number of aryl methyl sites for hydroxylation is 1. The Balaban J connectivity index is 1.82. The number of ether oxygens (including phenoxy) is 4. The minimum Gasteiger partial charge on any atom is -0.453 e. The maximum atomic E-state index is 13.4. The number of nitrogens with zero attached hydrogens (tertiary/aromatic N) is 2. The lowest BCUT2D eigenvalue weighted by Crippen LogP contribution is -2.31. The molecular formula is C32H22F6N4O8. The SMILES string of the molecule is COCC#CC(=O)CNc1ccc2nccc(Oc3ccc(C(=O)Nc4cc(C)ccn4)c(OC(=O)C(F)(F)F)c3OC(=O)C(F)(F)F)c2c1. The highest BCUT2D eigenvalue weighted by Gasteiger charge is 2.45. The number of fused-ring (bicyclic) bond motifs is 1. The van der Waals surface area contributed by atoms with E-state index in [1.807, 2.05) is 0 Å². The van der Waals surface area contributed by atoms with Crippen LogP contribution < -0.4 is 24.8 Å². The average molecular weight is 705 g/mol. The van der Waals surface area contributed by atoms with Gasteiger partial charge in [0.15, 0.2) is 11.5 Å². The van der Waals surface area contributed by atoms with Crippen LogP contribution in [0.2, 0.25) is 0 Å². The van der Waals surface area contributed by atoms with Gasteiger partial charge in [-0.25, -0.2) is 14.6 Å². The van der Waals surface area contributed by atoms with E-state index in [9.17, 15) is 45.5 Å². The van der Waals surface area contributed by atoms with Crippen molar-refractivity contribution in [3.8, 4) is 34.8 Å². The fourth-order valence-corrected chi connectivity index (χ4v) is 3.96. The Bertz CT molecular complexity index is 2020. The van der Waals surface area contributed by atoms with E-state index < -0.39 is 58.8 Å². The summed E-state index contributed by atoms with van der Waals surface area (Å²) in [5.74, 6) is -7.11. The van der Waals surface area contributed by atoms with Gasteiger partial charge in [-0.3, -0.25) is 14.6 Å². The Morgan fingerprint density at radius 3 is 2.16 bits per heavy atom. The van der Waals surface area contributed by atoms with Crippen molar-refractivity contribution in [1.82, 2.24) is 9.97 Å². The third-order valence-corrected chi connectivity index (χ3v) is 6.15. The molecule has 0 aliphatic carbocycles. The first-order valence-electron chi connectivity index (χ1n) is 13.9. The second-order valence-electron chi connectivity index (χ2n) is 9.87. The van der Waals surface area contributed by atoms with Gasteiger partial charge in [0.25, 0.3) is 5.91 Å². The monoisotopic (exact) mass is 704 g/mol. The number of hydrogen-bond acceptors (Lipinski definition) is 11. The van der Waals surface area contributed by atoms with E-state index in [0.717, 1.165) is 12.1 Å². The van der Waals surface area contributed by atoms with Gasteiger partial charge >= 0.3 is 24.3 Å². The summed E-state index contributed by atoms with van der Waals surface area (Å²) in [7, 11) is 1.40. The summed E-state index contributed by atoms with van der Waals surface area (Å²) in [6.07, 6.45) is -8.93. The van der Waals surface area contributed by atoms with E-state index in [4.69, 9.17) is 9.47 Å². The second-order valence-corrected chi connectivity index (χ2v) is 9.87. The highest BCUT2D eigenvalue weighted by molar-refractivity contribution is 6.07. The van der Waals surface area contributed by atoms with Crippen LogP contribution in [0.1, 0.15) is 15.9 Å². The largest absolute Gasteiger partial charge is 0.491 e. The number of hydrogen-bond donors (Lipinski definition) is 2. The van der Waals surface area contributed by atoms with Crippen LogP contribution in [0.5, 0.6) is 23.0 Å². The van der Waals surface area contributed by atoms with Gasteiger partial charge in [-0.2, -0.15) is 26.3 Å². The number of nitrogens with one attached hydrogen (secondary N) is 2. The van der Waals surface area contributed by atoms with Gasteiger partial charge in [0, 0.05) is 30.6 Å². The van der Waals surface area contributed by atoms with Gasteiger partial charge in [0.1, 0.15) is 18.2 Å². The predicted molar refractivity (Wildman–Crippen MR) is 162 cm³/mol. The van der Waals surface area contributed by atoms with Crippen LogP contribution in [-0.2, 0) is 19.1 Å². The lowest BCUT2D eigenvalue weighted by Gasteiger charge is -2.19. The number of Topliss-reactive ketones (excluding diaryl/α,β-unsaturated/α-hetero) is 1. The lowest BCUT2D eigenvalue weighted by atomic mass is 10.1. The number of esters is 2. The maximum absolute atomic E-state index is 13.4. The number of halogens is 6. The molecule has 4 aromatic rings. The van der Waals surface area contributed by atoms with E-state index in [0.29, 0.717) is 11.3 Å². The molecule has 0 unspecified atom stereocenters. The zero-order chi connectivity index (χ0) is 36.6. The molecule has 2 aromatic heterocycles. The fourth-order valence-electron chi connectivity index (χ4n) is 3.96. The molecule has 0 atom stereocenters. The fraction of sp³-hybridized carbons (Fsp3) is 0.188. The molecule has 0 bridgehead atoms. The van der Waals surface area contributed by atoms with Crippen LogP contribution in [0.25, 0.3) is 10.9 Å². The predicted octanol–water partition coefficient (Wildman–Crippen LogP) is 5.55. The van der Waals surface area contributed by atoms with Crippen molar-refractivity contribution < 1.29 is 64.5 Å². The van der Waals surface area contributed by atoms with Crippen molar-refractivity contribution in [2.24, 2.45) is 0 Å². The van der Waals surface area contributed by atoms with Gasteiger partial charge in [-0.1, -0.05) is 5.92 Å². The van der Waals surface area contributed by atoms with Gasteiger partial charge in [0.05, 0.1) is 17.6 Å². The molecule has 2 N–H and O–H groups in total. The summed E-state index contributed by atoms with van der Waals surface area (Å²) in [6.45, 7) is 1.40. The molecule has 2 heterocycles. The summed E-state index contributed by atoms with van der Waals surface area (Å²) in [5, 5.41) is 5.17. The highest BCUT2D eigenvalue weighted by atomic mass is 19.4. The van der Waals surface area contributed by atoms with Crippen LogP contribution in [0.3, 0.4) is 0 Å². The van der Waals surface area contributed by atoms with Crippen molar-refractivity contribution in [1.29, 1.82) is 0 Å². The van der Waals surface area contributed by atoms with E-state index in [1.54, 1.807) is 13.0 Å². The summed E-state index contributed by atoms with van der Waals surface area (Å²) < 4.78 is 99.4. The number of benzene rings is 2. The van der Waals surface area contributed by atoms with E-state index in [2.05, 4.69) is 41.9 Å². The number of rotatable bonds is 10. The molecule has 0 saturated carbocycles. The molecule has 0 aliphatic heterocycles. The molecule has 260 valence electrons. The molecule has 0 aliphatic rings. The van der Waals surface area contributed by atoms with Crippen LogP contribution in [0.4, 0.5) is 37.8 Å². The van der Waals surface area contributed by atoms with E-state index in [1.165, 1.54) is 49.8 Å². The molecule has 0 spiro atoms. The Labute approximate surface area is 277 Å². The first kappa shape index (κ1) is 36.6. The molecular weight excluding hydrogens is 682 g/mol. The first-order valence-corrected chi connectivity index (χ1v) is 13.9. The van der Waals surface area contributed by atoms with E-state index in [-0.39, 0.29) is 35.6 Å². The van der Waals surface area contributed by atoms with Crippen molar-refractivity contribution in [2.75, 3.05) is 30.9 Å². The average Bonchev–Trinajstić information content (AvgIpc) is 3.04. The van der Waals surface area contributed by atoms with Crippen LogP contribution in [0, 0.1) is 18.8 Å². The second kappa shape index (κ2) is 15.3. The minimum atomic E-state index is -5.71. The summed E-state index contributed by atoms with van der Waals surface area (Å²) >= 11 is 0. The van der Waals surface area contributed by atoms with Gasteiger partial charge < -0.3 is 29.6 Å². The molecule has 2 aromatic carbocycles. The molecule has 1 amide bonds. The third-order valence-electron chi connectivity index (χ3n) is 6.15. The normalized spacial score (nSPS) is 11.2. The number of pyridine rings is 2. The first-order chi connectivity index (χ1) is 23.6. The maximum Gasteiger partial charge on any atom is 0.491 e. The number of methoxy groups -OCH3 is 1. The van der Waals surface area contributed by atoms with E-state index >= 15 is 0 Å². The topological polar surface area (TPSA) is 155 Å².